The van der Waals surface area contributed by atoms with Crippen molar-refractivity contribution in [2.45, 2.75) is 25.0 Å². The molecule has 0 aliphatic rings. The molecule has 0 fully saturated rings. The molecule has 0 saturated heterocycles. The quantitative estimate of drug-likeness (QED) is 0.239. The van der Waals surface area contributed by atoms with Gasteiger partial charge in [-0.25, -0.2) is 22.7 Å². The lowest BCUT2D eigenvalue weighted by atomic mass is 9.95. The van der Waals surface area contributed by atoms with Crippen LogP contribution in [-0.2, 0) is 19.6 Å². The number of alkyl halides is 2. The number of nitrogens with one attached hydrogen (secondary N) is 3. The van der Waals surface area contributed by atoms with Crippen molar-refractivity contribution in [3.8, 4) is 23.7 Å². The van der Waals surface area contributed by atoms with Gasteiger partial charge in [0, 0.05) is 29.5 Å². The Balaban J connectivity index is 2.09. The van der Waals surface area contributed by atoms with Crippen molar-refractivity contribution >= 4 is 27.5 Å². The Labute approximate surface area is 207 Å². The zero-order chi connectivity index (χ0) is 26.9. The van der Waals surface area contributed by atoms with Gasteiger partial charge in [0.05, 0.1) is 6.26 Å². The number of rotatable bonds is 8. The van der Waals surface area contributed by atoms with Crippen molar-refractivity contribution in [3.05, 3.63) is 65.2 Å². The third kappa shape index (κ3) is 7.78. The monoisotopic (exact) mass is 519 g/mol. The van der Waals surface area contributed by atoms with Crippen LogP contribution in [0, 0.1) is 23.7 Å². The number of sulfonamides is 1. The molecule has 9 nitrogen and oxygen atoms in total. The van der Waals surface area contributed by atoms with Crippen LogP contribution in [0.1, 0.15) is 28.4 Å². The first-order chi connectivity index (χ1) is 16.9. The molecule has 2 amide bonds. The van der Waals surface area contributed by atoms with Crippen molar-refractivity contribution in [1.82, 2.24) is 10.8 Å². The summed E-state index contributed by atoms with van der Waals surface area (Å²) in [6.07, 6.45) is -2.10. The number of halogens is 2. The van der Waals surface area contributed by atoms with Crippen molar-refractivity contribution < 1.29 is 36.7 Å². The zero-order valence-corrected chi connectivity index (χ0v) is 20.2. The molecule has 0 aliphatic carbocycles. The summed E-state index contributed by atoms with van der Waals surface area (Å²) in [5.41, 5.74) is 0.441. The Bertz CT molecular complexity index is 1320. The van der Waals surface area contributed by atoms with Crippen LogP contribution in [0.4, 0.5) is 14.5 Å². The van der Waals surface area contributed by atoms with Gasteiger partial charge in [0.15, 0.2) is 5.60 Å². The highest BCUT2D eigenvalue weighted by atomic mass is 32.2. The Kier molecular flexibility index (Phi) is 9.53. The van der Waals surface area contributed by atoms with Gasteiger partial charge in [0.25, 0.3) is 18.2 Å². The summed E-state index contributed by atoms with van der Waals surface area (Å²) in [5.74, 6) is 8.76. The van der Waals surface area contributed by atoms with Gasteiger partial charge in [-0.05, 0) is 67.3 Å². The number of anilines is 1. The van der Waals surface area contributed by atoms with Gasteiger partial charge in [-0.15, -0.1) is 0 Å². The number of carbonyl (C=O) groups is 2. The van der Waals surface area contributed by atoms with Gasteiger partial charge >= 0.3 is 0 Å². The molecule has 0 radical (unpaired) electrons. The minimum Gasteiger partial charge on any atom is -0.370 e. The smallest absolute Gasteiger partial charge is 0.269 e. The topological polar surface area (TPSA) is 134 Å². The van der Waals surface area contributed by atoms with Gasteiger partial charge in [-0.3, -0.25) is 19.5 Å². The number of carbonyl (C=O) groups excluding carboxylic acids is 2. The van der Waals surface area contributed by atoms with Crippen molar-refractivity contribution in [1.29, 1.82) is 0 Å². The lowest BCUT2D eigenvalue weighted by Crippen LogP contribution is -2.62. The maximum absolute atomic E-state index is 13.5. The number of hydrogen-bond acceptors (Lipinski definition) is 6. The van der Waals surface area contributed by atoms with E-state index < -0.39 is 39.9 Å². The average molecular weight is 520 g/mol. The third-order valence-corrected chi connectivity index (χ3v) is 5.51. The molecular weight excluding hydrogens is 496 g/mol. The van der Waals surface area contributed by atoms with Gasteiger partial charge in [0.1, 0.15) is 6.04 Å². The molecule has 0 saturated carbocycles. The second-order valence-corrected chi connectivity index (χ2v) is 9.35. The van der Waals surface area contributed by atoms with Crippen molar-refractivity contribution in [2.75, 3.05) is 18.1 Å². The van der Waals surface area contributed by atoms with Crippen molar-refractivity contribution in [2.24, 2.45) is 0 Å². The van der Waals surface area contributed by atoms with E-state index in [2.05, 4.69) is 33.7 Å². The molecular formula is C24H23F2N3O6S. The normalized spacial score (nSPS) is 13.2. The molecule has 190 valence electrons. The maximum Gasteiger partial charge on any atom is 0.269 e. The Morgan fingerprint density at radius 2 is 1.50 bits per heavy atom. The fraction of sp³-hybridized carbons (Fsp3) is 0.250. The second kappa shape index (κ2) is 12.1. The molecule has 12 heteroatoms. The molecule has 2 unspecified atom stereocenters. The predicted octanol–water partition coefficient (Wildman–Crippen LogP) is 1.74. The first-order valence-corrected chi connectivity index (χ1v) is 12.1. The summed E-state index contributed by atoms with van der Waals surface area (Å²) >= 11 is 0. The van der Waals surface area contributed by atoms with Crippen LogP contribution in [0.5, 0.6) is 0 Å². The van der Waals surface area contributed by atoms with Gasteiger partial charge in [-0.1, -0.05) is 11.8 Å². The number of amides is 2. The van der Waals surface area contributed by atoms with E-state index in [9.17, 15) is 26.8 Å². The van der Waals surface area contributed by atoms with Gasteiger partial charge < -0.3 is 10.1 Å². The second-order valence-electron chi connectivity index (χ2n) is 7.60. The van der Waals surface area contributed by atoms with Crippen LogP contribution in [-0.4, -0.2) is 56.9 Å². The summed E-state index contributed by atoms with van der Waals surface area (Å²) < 4.78 is 56.5. The highest BCUT2D eigenvalue weighted by Gasteiger charge is 2.48. The lowest BCUT2D eigenvalue weighted by Gasteiger charge is -2.34. The number of methoxy groups -OCH3 is 1. The average Bonchev–Trinajstić information content (AvgIpc) is 2.84. The molecule has 2 aromatic rings. The number of hydrogen-bond donors (Lipinski definition) is 4. The first-order valence-electron chi connectivity index (χ1n) is 10.2. The first kappa shape index (κ1) is 28.3. The largest absolute Gasteiger partial charge is 0.370 e. The minimum absolute atomic E-state index is 0.0536. The Morgan fingerprint density at radius 3 is 1.92 bits per heavy atom. The SMILES string of the molecule is COC(C)(C(F)F)C(NC(=O)c1ccc(C#CC#Cc2ccc(NS(C)(=O)=O)cc2)cc1)C(=O)NO. The van der Waals surface area contributed by atoms with E-state index in [0.29, 0.717) is 16.8 Å². The van der Waals surface area contributed by atoms with Gasteiger partial charge in [0.2, 0.25) is 10.0 Å². The predicted molar refractivity (Wildman–Crippen MR) is 128 cm³/mol. The molecule has 0 bridgehead atoms. The molecule has 2 aromatic carbocycles. The molecule has 36 heavy (non-hydrogen) atoms. The summed E-state index contributed by atoms with van der Waals surface area (Å²) in [7, 11) is -2.41. The fourth-order valence-corrected chi connectivity index (χ4v) is 3.39. The molecule has 2 rings (SSSR count). The highest BCUT2D eigenvalue weighted by Crippen LogP contribution is 2.24. The fourth-order valence-electron chi connectivity index (χ4n) is 2.83. The molecule has 2 atom stereocenters. The summed E-state index contributed by atoms with van der Waals surface area (Å²) in [6, 6.07) is 10.2. The molecule has 4 N–H and O–H groups in total. The number of benzene rings is 2. The summed E-state index contributed by atoms with van der Waals surface area (Å²) in [5, 5.41) is 11.0. The zero-order valence-electron chi connectivity index (χ0n) is 19.4. The molecule has 0 spiro atoms. The number of ether oxygens (including phenoxy) is 1. The maximum atomic E-state index is 13.5. The van der Waals surface area contributed by atoms with E-state index in [1.807, 2.05) is 0 Å². The van der Waals surface area contributed by atoms with Crippen LogP contribution in [0.2, 0.25) is 0 Å². The minimum atomic E-state index is -3.37. The molecule has 0 aliphatic heterocycles. The van der Waals surface area contributed by atoms with E-state index in [-0.39, 0.29) is 5.56 Å². The van der Waals surface area contributed by atoms with Crippen LogP contribution in [0.3, 0.4) is 0 Å². The van der Waals surface area contributed by atoms with Gasteiger partial charge in [-0.2, -0.15) is 0 Å². The van der Waals surface area contributed by atoms with Crippen LogP contribution < -0.4 is 15.5 Å². The van der Waals surface area contributed by atoms with Crippen molar-refractivity contribution in [3.63, 3.8) is 0 Å². The standard InChI is InChI=1S/C24H23F2N3O6S/c1-24(35-2,23(25)26)20(22(31)28-32)27-21(30)18-12-8-16(9-13-18)6-4-5-7-17-10-14-19(15-11-17)29-36(3,33)34/h8-15,20,23,29,32H,1-3H3,(H,27,30)(H,28,31). The van der Waals surface area contributed by atoms with E-state index >= 15 is 0 Å². The van der Waals surface area contributed by atoms with E-state index in [1.54, 1.807) is 24.3 Å². The van der Waals surface area contributed by atoms with E-state index in [0.717, 1.165) is 20.3 Å². The molecule has 0 heterocycles. The Hall–Kier alpha value is -3.97. The summed E-state index contributed by atoms with van der Waals surface area (Å²) in [4.78, 5) is 24.4. The van der Waals surface area contributed by atoms with Crippen LogP contribution >= 0.6 is 0 Å². The number of hydroxylamine groups is 1. The molecule has 0 aromatic heterocycles. The van der Waals surface area contributed by atoms with E-state index in [1.165, 1.54) is 29.7 Å². The third-order valence-electron chi connectivity index (χ3n) is 4.91. The van der Waals surface area contributed by atoms with Crippen LogP contribution in [0.25, 0.3) is 0 Å². The lowest BCUT2D eigenvalue weighted by molar-refractivity contribution is -0.157. The van der Waals surface area contributed by atoms with Crippen LogP contribution in [0.15, 0.2) is 48.5 Å². The highest BCUT2D eigenvalue weighted by molar-refractivity contribution is 7.92. The van der Waals surface area contributed by atoms with E-state index in [4.69, 9.17) is 9.94 Å². The Morgan fingerprint density at radius 1 is 1.00 bits per heavy atom. The summed E-state index contributed by atoms with van der Waals surface area (Å²) in [6.45, 7) is 0.929.